The minimum atomic E-state index is 0.0121. The van der Waals surface area contributed by atoms with Crippen LogP contribution < -0.4 is 0 Å². The van der Waals surface area contributed by atoms with Crippen LogP contribution >= 0.6 is 0 Å². The third kappa shape index (κ3) is 3.71. The van der Waals surface area contributed by atoms with E-state index in [1.165, 1.54) is 25.7 Å². The number of hydrogen-bond acceptors (Lipinski definition) is 2. The molecular formula is C16H30O2. The van der Waals surface area contributed by atoms with E-state index in [9.17, 15) is 0 Å². The van der Waals surface area contributed by atoms with Crippen LogP contribution in [0.4, 0.5) is 0 Å². The SMILES string of the molecule is CC(C)(C)COC1CC2(C1)CC(OC(C)(C)C)C2. The molecule has 0 aromatic heterocycles. The van der Waals surface area contributed by atoms with Gasteiger partial charge in [-0.1, -0.05) is 20.8 Å². The molecule has 18 heavy (non-hydrogen) atoms. The minimum absolute atomic E-state index is 0.0121. The van der Waals surface area contributed by atoms with E-state index < -0.39 is 0 Å². The highest BCUT2D eigenvalue weighted by Crippen LogP contribution is 2.58. The molecule has 0 N–H and O–H groups in total. The van der Waals surface area contributed by atoms with E-state index in [0.29, 0.717) is 23.0 Å². The van der Waals surface area contributed by atoms with Crippen LogP contribution in [0, 0.1) is 10.8 Å². The summed E-state index contributed by atoms with van der Waals surface area (Å²) in [5.74, 6) is 0. The van der Waals surface area contributed by atoms with Gasteiger partial charge in [-0.25, -0.2) is 0 Å². The number of rotatable bonds is 3. The summed E-state index contributed by atoms with van der Waals surface area (Å²) in [5, 5.41) is 0. The second kappa shape index (κ2) is 4.49. The molecule has 2 fully saturated rings. The summed E-state index contributed by atoms with van der Waals surface area (Å²) in [6.07, 6.45) is 6.02. The molecule has 0 bridgehead atoms. The highest BCUT2D eigenvalue weighted by atomic mass is 16.5. The summed E-state index contributed by atoms with van der Waals surface area (Å²) >= 11 is 0. The van der Waals surface area contributed by atoms with Gasteiger partial charge in [0.2, 0.25) is 0 Å². The standard InChI is InChI=1S/C16H30O2/c1-14(2,3)11-17-12-7-16(8-12)9-13(10-16)18-15(4,5)6/h12-13H,7-11H2,1-6H3. The van der Waals surface area contributed by atoms with Crippen LogP contribution in [-0.2, 0) is 9.47 Å². The van der Waals surface area contributed by atoms with Crippen molar-refractivity contribution in [3.63, 3.8) is 0 Å². The van der Waals surface area contributed by atoms with Crippen molar-refractivity contribution in [3.05, 3.63) is 0 Å². The van der Waals surface area contributed by atoms with Crippen LogP contribution in [0.5, 0.6) is 0 Å². The van der Waals surface area contributed by atoms with Gasteiger partial charge in [0, 0.05) is 0 Å². The Kier molecular flexibility index (Phi) is 3.57. The molecule has 0 amide bonds. The van der Waals surface area contributed by atoms with Crippen molar-refractivity contribution in [2.24, 2.45) is 10.8 Å². The van der Waals surface area contributed by atoms with Gasteiger partial charge in [0.05, 0.1) is 24.4 Å². The second-order valence-corrected chi connectivity index (χ2v) is 8.66. The normalized spacial score (nSPS) is 36.3. The zero-order chi connectivity index (χ0) is 13.6. The first-order chi connectivity index (χ1) is 8.07. The molecule has 0 unspecified atom stereocenters. The Balaban J connectivity index is 1.63. The summed E-state index contributed by atoms with van der Waals surface area (Å²) in [5.41, 5.74) is 0.886. The highest BCUT2D eigenvalue weighted by Gasteiger charge is 2.54. The molecule has 2 nitrogen and oxygen atoms in total. The molecule has 0 heterocycles. The van der Waals surface area contributed by atoms with Gasteiger partial charge in [0.15, 0.2) is 0 Å². The molecular weight excluding hydrogens is 224 g/mol. The zero-order valence-corrected chi connectivity index (χ0v) is 13.0. The maximum atomic E-state index is 6.01. The molecule has 0 aliphatic heterocycles. The van der Waals surface area contributed by atoms with Crippen molar-refractivity contribution in [2.45, 2.75) is 85.0 Å². The Morgan fingerprint density at radius 2 is 1.39 bits per heavy atom. The van der Waals surface area contributed by atoms with E-state index in [1.807, 2.05) is 0 Å². The molecule has 0 aromatic rings. The van der Waals surface area contributed by atoms with Crippen LogP contribution in [-0.4, -0.2) is 24.4 Å². The van der Waals surface area contributed by atoms with Gasteiger partial charge in [-0.15, -0.1) is 0 Å². The molecule has 0 aromatic carbocycles. The summed E-state index contributed by atoms with van der Waals surface area (Å²) in [6, 6.07) is 0. The van der Waals surface area contributed by atoms with Crippen LogP contribution in [0.15, 0.2) is 0 Å². The van der Waals surface area contributed by atoms with Gasteiger partial charge in [-0.2, -0.15) is 0 Å². The fourth-order valence-electron chi connectivity index (χ4n) is 3.21. The number of hydrogen-bond donors (Lipinski definition) is 0. The van der Waals surface area contributed by atoms with Crippen LogP contribution in [0.2, 0.25) is 0 Å². The maximum absolute atomic E-state index is 6.01. The van der Waals surface area contributed by atoms with Gasteiger partial charge in [-0.05, 0) is 57.3 Å². The van der Waals surface area contributed by atoms with E-state index in [0.717, 1.165) is 6.61 Å². The Labute approximate surface area is 112 Å². The summed E-state index contributed by atoms with van der Waals surface area (Å²) in [7, 11) is 0. The van der Waals surface area contributed by atoms with Gasteiger partial charge < -0.3 is 9.47 Å². The Morgan fingerprint density at radius 3 is 1.83 bits per heavy atom. The molecule has 2 saturated carbocycles. The van der Waals surface area contributed by atoms with Gasteiger partial charge >= 0.3 is 0 Å². The summed E-state index contributed by atoms with van der Waals surface area (Å²) in [6.45, 7) is 14.0. The molecule has 0 radical (unpaired) electrons. The Bertz CT molecular complexity index is 281. The van der Waals surface area contributed by atoms with E-state index in [-0.39, 0.29) is 5.60 Å². The highest BCUT2D eigenvalue weighted by molar-refractivity contribution is 5.05. The average molecular weight is 254 g/mol. The first kappa shape index (κ1) is 14.3. The summed E-state index contributed by atoms with van der Waals surface area (Å²) < 4.78 is 12.0. The lowest BCUT2D eigenvalue weighted by Gasteiger charge is -2.58. The van der Waals surface area contributed by atoms with Gasteiger partial charge in [-0.3, -0.25) is 0 Å². The predicted octanol–water partition coefficient (Wildman–Crippen LogP) is 4.18. The minimum Gasteiger partial charge on any atom is -0.378 e. The van der Waals surface area contributed by atoms with Gasteiger partial charge in [0.25, 0.3) is 0 Å². The lowest BCUT2D eigenvalue weighted by atomic mass is 9.53. The van der Waals surface area contributed by atoms with Crippen LogP contribution in [0.1, 0.15) is 67.2 Å². The second-order valence-electron chi connectivity index (χ2n) is 8.66. The predicted molar refractivity (Wildman–Crippen MR) is 74.7 cm³/mol. The molecule has 106 valence electrons. The molecule has 1 spiro atoms. The summed E-state index contributed by atoms with van der Waals surface area (Å²) in [4.78, 5) is 0. The first-order valence-electron chi connectivity index (χ1n) is 7.36. The zero-order valence-electron chi connectivity index (χ0n) is 13.0. The first-order valence-corrected chi connectivity index (χ1v) is 7.36. The van der Waals surface area contributed by atoms with E-state index in [4.69, 9.17) is 9.47 Å². The monoisotopic (exact) mass is 254 g/mol. The Hall–Kier alpha value is -0.0800. The third-order valence-electron chi connectivity index (χ3n) is 3.92. The molecule has 2 rings (SSSR count). The van der Waals surface area contributed by atoms with Crippen molar-refractivity contribution in [2.75, 3.05) is 6.61 Å². The average Bonchev–Trinajstić information content (AvgIpc) is 2.00. The largest absolute Gasteiger partial charge is 0.378 e. The molecule has 0 atom stereocenters. The Morgan fingerprint density at radius 1 is 0.889 bits per heavy atom. The quantitative estimate of drug-likeness (QED) is 0.752. The fourth-order valence-corrected chi connectivity index (χ4v) is 3.21. The molecule has 2 aliphatic rings. The topological polar surface area (TPSA) is 18.5 Å². The van der Waals surface area contributed by atoms with Gasteiger partial charge in [0.1, 0.15) is 0 Å². The lowest BCUT2D eigenvalue weighted by molar-refractivity contribution is -0.205. The third-order valence-corrected chi connectivity index (χ3v) is 3.92. The molecule has 2 aliphatic carbocycles. The number of ether oxygens (including phenoxy) is 2. The van der Waals surface area contributed by atoms with Crippen molar-refractivity contribution in [1.29, 1.82) is 0 Å². The van der Waals surface area contributed by atoms with Crippen molar-refractivity contribution in [3.8, 4) is 0 Å². The smallest absolute Gasteiger partial charge is 0.0602 e. The fraction of sp³-hybridized carbons (Fsp3) is 1.00. The van der Waals surface area contributed by atoms with E-state index in [2.05, 4.69) is 41.5 Å². The van der Waals surface area contributed by atoms with Crippen LogP contribution in [0.25, 0.3) is 0 Å². The van der Waals surface area contributed by atoms with E-state index in [1.54, 1.807) is 0 Å². The van der Waals surface area contributed by atoms with Crippen molar-refractivity contribution >= 4 is 0 Å². The van der Waals surface area contributed by atoms with Crippen molar-refractivity contribution < 1.29 is 9.47 Å². The van der Waals surface area contributed by atoms with Crippen LogP contribution in [0.3, 0.4) is 0 Å². The lowest BCUT2D eigenvalue weighted by Crippen LogP contribution is -2.55. The molecule has 2 heteroatoms. The maximum Gasteiger partial charge on any atom is 0.0602 e. The molecule has 0 saturated heterocycles. The van der Waals surface area contributed by atoms with E-state index >= 15 is 0 Å². The van der Waals surface area contributed by atoms with Crippen molar-refractivity contribution in [1.82, 2.24) is 0 Å².